The molecule has 1 heterocycles. The minimum atomic E-state index is -1.16. The molecule has 0 saturated heterocycles. The first kappa shape index (κ1) is 13.8. The Morgan fingerprint density at radius 1 is 1.53 bits per heavy atom. The molecule has 7 heteroatoms. The molecular weight excluding hydrogens is 266 g/mol. The van der Waals surface area contributed by atoms with E-state index in [-0.39, 0.29) is 17.5 Å². The summed E-state index contributed by atoms with van der Waals surface area (Å²) >= 11 is 1.18. The van der Waals surface area contributed by atoms with Gasteiger partial charge in [-0.15, -0.1) is 11.3 Å². The van der Waals surface area contributed by atoms with Gasteiger partial charge in [0.2, 0.25) is 5.71 Å². The molecule has 1 aliphatic rings. The maximum atomic E-state index is 11.1. The van der Waals surface area contributed by atoms with Crippen molar-refractivity contribution in [3.8, 4) is 0 Å². The van der Waals surface area contributed by atoms with Crippen LogP contribution >= 0.6 is 11.3 Å². The second-order valence-electron chi connectivity index (χ2n) is 4.80. The minimum Gasteiger partial charge on any atom is -0.476 e. The summed E-state index contributed by atoms with van der Waals surface area (Å²) in [5.74, 6) is -0.449. The van der Waals surface area contributed by atoms with E-state index in [0.717, 1.165) is 25.7 Å². The summed E-state index contributed by atoms with van der Waals surface area (Å²) in [4.78, 5) is 20.4. The number of aliphatic carboxylic acids is 1. The second kappa shape index (κ2) is 6.01. The lowest BCUT2D eigenvalue weighted by Gasteiger charge is -2.24. The summed E-state index contributed by atoms with van der Waals surface area (Å²) in [6, 6.07) is 0. The molecule has 0 unspecified atom stereocenters. The number of nitrogens with zero attached hydrogens (tertiary/aromatic N) is 2. The van der Waals surface area contributed by atoms with Gasteiger partial charge in [0.1, 0.15) is 11.8 Å². The first-order valence-electron chi connectivity index (χ1n) is 6.24. The first-order chi connectivity index (χ1) is 9.06. The summed E-state index contributed by atoms with van der Waals surface area (Å²) < 4.78 is 0. The van der Waals surface area contributed by atoms with Gasteiger partial charge >= 0.3 is 5.97 Å². The Bertz CT molecular complexity index is 478. The lowest BCUT2D eigenvalue weighted by molar-refractivity contribution is -0.129. The average Bonchev–Trinajstić information content (AvgIpc) is 2.78. The van der Waals surface area contributed by atoms with Crippen molar-refractivity contribution in [3.05, 3.63) is 11.1 Å². The Morgan fingerprint density at radius 2 is 2.21 bits per heavy atom. The van der Waals surface area contributed by atoms with E-state index >= 15 is 0 Å². The van der Waals surface area contributed by atoms with Crippen LogP contribution in [0, 0.1) is 5.92 Å². The van der Waals surface area contributed by atoms with Crippen molar-refractivity contribution in [3.63, 3.8) is 0 Å². The Hall–Kier alpha value is -1.63. The van der Waals surface area contributed by atoms with E-state index in [4.69, 9.17) is 15.7 Å². The third-order valence-corrected chi connectivity index (χ3v) is 3.90. The number of thiazole rings is 1. The van der Waals surface area contributed by atoms with Crippen LogP contribution in [0.15, 0.2) is 10.5 Å². The van der Waals surface area contributed by atoms with Gasteiger partial charge in [-0.1, -0.05) is 12.1 Å². The third-order valence-electron chi connectivity index (χ3n) is 3.22. The average molecular weight is 283 g/mol. The normalized spacial score (nSPS) is 24.2. The van der Waals surface area contributed by atoms with Crippen LogP contribution in [0.5, 0.6) is 0 Å². The quantitative estimate of drug-likeness (QED) is 0.651. The highest BCUT2D eigenvalue weighted by Crippen LogP contribution is 2.25. The number of hydrogen-bond acceptors (Lipinski definition) is 6. The van der Waals surface area contributed by atoms with Gasteiger partial charge in [0.25, 0.3) is 0 Å². The molecule has 1 aliphatic carbocycles. The zero-order valence-corrected chi connectivity index (χ0v) is 11.5. The first-order valence-corrected chi connectivity index (χ1v) is 7.12. The van der Waals surface area contributed by atoms with Gasteiger partial charge in [0, 0.05) is 5.38 Å². The number of carboxylic acid groups (broad SMARTS) is 1. The molecular formula is C12H17N3O3S. The van der Waals surface area contributed by atoms with Crippen LogP contribution in [0.3, 0.4) is 0 Å². The molecule has 0 bridgehead atoms. The van der Waals surface area contributed by atoms with Crippen molar-refractivity contribution >= 4 is 28.1 Å². The molecule has 3 N–H and O–H groups in total. The zero-order chi connectivity index (χ0) is 13.8. The molecule has 1 saturated carbocycles. The molecule has 2 rings (SSSR count). The number of carboxylic acids is 1. The second-order valence-corrected chi connectivity index (χ2v) is 5.69. The molecule has 0 aliphatic heterocycles. The summed E-state index contributed by atoms with van der Waals surface area (Å²) in [7, 11) is 0. The van der Waals surface area contributed by atoms with E-state index in [0.29, 0.717) is 11.0 Å². The van der Waals surface area contributed by atoms with E-state index < -0.39 is 5.97 Å². The molecule has 6 nitrogen and oxygen atoms in total. The molecule has 0 spiro atoms. The van der Waals surface area contributed by atoms with Crippen molar-refractivity contribution in [2.24, 2.45) is 11.1 Å². The molecule has 19 heavy (non-hydrogen) atoms. The van der Waals surface area contributed by atoms with E-state index in [9.17, 15) is 4.79 Å². The van der Waals surface area contributed by atoms with Crippen LogP contribution in [-0.4, -0.2) is 27.9 Å². The van der Waals surface area contributed by atoms with Gasteiger partial charge in [-0.05, 0) is 31.6 Å². The van der Waals surface area contributed by atoms with Crippen LogP contribution < -0.4 is 5.73 Å². The molecule has 0 aromatic carbocycles. The van der Waals surface area contributed by atoms with Crippen LogP contribution in [0.25, 0.3) is 0 Å². The standard InChI is InChI=1S/C12H17N3O3S/c1-7-2-4-8(5-3-7)18-15-10(11(16)17)9-6-19-12(13)14-9/h6-8H,2-5H2,1H3,(H2,13,14)(H,16,17)/t7-,8-. The summed E-state index contributed by atoms with van der Waals surface area (Å²) in [5.41, 5.74) is 5.55. The van der Waals surface area contributed by atoms with E-state index in [1.807, 2.05) is 0 Å². The van der Waals surface area contributed by atoms with Crippen molar-refractivity contribution in [2.45, 2.75) is 38.7 Å². The summed E-state index contributed by atoms with van der Waals surface area (Å²) in [5, 5.41) is 14.8. The fourth-order valence-electron chi connectivity index (χ4n) is 2.05. The Kier molecular flexibility index (Phi) is 4.36. The number of hydrogen-bond donors (Lipinski definition) is 2. The number of rotatable bonds is 4. The van der Waals surface area contributed by atoms with Crippen molar-refractivity contribution in [1.82, 2.24) is 4.98 Å². The van der Waals surface area contributed by atoms with Crippen molar-refractivity contribution in [2.75, 3.05) is 5.73 Å². The topological polar surface area (TPSA) is 97.8 Å². The fraction of sp³-hybridized carbons (Fsp3) is 0.583. The Balaban J connectivity index is 2.03. The van der Waals surface area contributed by atoms with Gasteiger partial charge in [-0.25, -0.2) is 9.78 Å². The van der Waals surface area contributed by atoms with Crippen LogP contribution in [0.2, 0.25) is 0 Å². The molecule has 104 valence electrons. The molecule has 0 radical (unpaired) electrons. The van der Waals surface area contributed by atoms with Gasteiger partial charge in [-0.3, -0.25) is 0 Å². The van der Waals surface area contributed by atoms with Crippen molar-refractivity contribution in [1.29, 1.82) is 0 Å². The van der Waals surface area contributed by atoms with E-state index in [1.54, 1.807) is 5.38 Å². The highest BCUT2D eigenvalue weighted by Gasteiger charge is 2.22. The molecule has 1 aromatic heterocycles. The highest BCUT2D eigenvalue weighted by molar-refractivity contribution is 7.13. The van der Waals surface area contributed by atoms with E-state index in [1.165, 1.54) is 11.3 Å². The monoisotopic (exact) mass is 283 g/mol. The summed E-state index contributed by atoms with van der Waals surface area (Å²) in [6.45, 7) is 2.21. The Morgan fingerprint density at radius 3 is 2.74 bits per heavy atom. The minimum absolute atomic E-state index is 0.00142. The van der Waals surface area contributed by atoms with Gasteiger partial charge in [0.15, 0.2) is 5.13 Å². The largest absolute Gasteiger partial charge is 0.476 e. The number of nitrogen functional groups attached to an aromatic ring is 1. The van der Waals surface area contributed by atoms with Crippen molar-refractivity contribution < 1.29 is 14.7 Å². The number of aromatic nitrogens is 1. The molecule has 0 atom stereocenters. The van der Waals surface area contributed by atoms with Crippen LogP contribution in [0.4, 0.5) is 5.13 Å². The lowest BCUT2D eigenvalue weighted by atomic mass is 9.89. The predicted molar refractivity (Wildman–Crippen MR) is 73.2 cm³/mol. The number of carbonyl (C=O) groups is 1. The fourth-order valence-corrected chi connectivity index (χ4v) is 2.60. The molecule has 1 fully saturated rings. The van der Waals surface area contributed by atoms with Crippen LogP contribution in [-0.2, 0) is 9.63 Å². The summed E-state index contributed by atoms with van der Waals surface area (Å²) in [6.07, 6.45) is 4.01. The maximum absolute atomic E-state index is 11.1. The number of nitrogens with two attached hydrogens (primary N) is 1. The van der Waals surface area contributed by atoms with Crippen LogP contribution in [0.1, 0.15) is 38.3 Å². The Labute approximate surface area is 115 Å². The third kappa shape index (κ3) is 3.66. The van der Waals surface area contributed by atoms with E-state index in [2.05, 4.69) is 17.1 Å². The smallest absolute Gasteiger partial charge is 0.360 e. The SMILES string of the molecule is C[C@H]1CC[C@H](ON=C(C(=O)O)c2csc(N)n2)CC1. The zero-order valence-electron chi connectivity index (χ0n) is 10.7. The number of oxime groups is 1. The molecule has 1 aromatic rings. The predicted octanol–water partition coefficient (Wildman–Crippen LogP) is 2.11. The van der Waals surface area contributed by atoms with Gasteiger partial charge in [-0.2, -0.15) is 0 Å². The highest BCUT2D eigenvalue weighted by atomic mass is 32.1. The molecule has 0 amide bonds. The maximum Gasteiger partial charge on any atom is 0.360 e. The van der Waals surface area contributed by atoms with Gasteiger partial charge in [0.05, 0.1) is 0 Å². The number of anilines is 1. The lowest BCUT2D eigenvalue weighted by Crippen LogP contribution is -2.21. The van der Waals surface area contributed by atoms with Gasteiger partial charge < -0.3 is 15.7 Å².